The molecule has 16 heavy (non-hydrogen) atoms. The highest BCUT2D eigenvalue weighted by molar-refractivity contribution is 9.15. The smallest absolute Gasteiger partial charge is 0.328 e. The highest BCUT2D eigenvalue weighted by Crippen LogP contribution is 2.44. The molecule has 0 heterocycles. The average Bonchev–Trinajstić information content (AvgIpc) is 2.23. The summed E-state index contributed by atoms with van der Waals surface area (Å²) in [5.41, 5.74) is 0.740. The van der Waals surface area contributed by atoms with Gasteiger partial charge in [-0.3, -0.25) is 0 Å². The SMILES string of the molecule is O=C(O)C=Cc1c(Br)c(Br)c(Br)c(Br)c1Br. The second-order valence-corrected chi connectivity index (χ2v) is 6.62. The number of carboxylic acids is 1. The van der Waals surface area contributed by atoms with Gasteiger partial charge in [0.15, 0.2) is 0 Å². The molecule has 0 aromatic heterocycles. The quantitative estimate of drug-likeness (QED) is 0.300. The minimum absolute atomic E-state index is 0.740. The van der Waals surface area contributed by atoms with Crippen molar-refractivity contribution in [1.82, 2.24) is 0 Å². The summed E-state index contributed by atoms with van der Waals surface area (Å²) in [4.78, 5) is 10.5. The first-order valence-corrected chi connectivity index (χ1v) is 7.75. The maximum Gasteiger partial charge on any atom is 0.328 e. The van der Waals surface area contributed by atoms with Gasteiger partial charge in [0.2, 0.25) is 0 Å². The third-order valence-electron chi connectivity index (χ3n) is 1.64. The largest absolute Gasteiger partial charge is 0.478 e. The first kappa shape index (κ1) is 14.9. The minimum atomic E-state index is -0.992. The standard InChI is InChI=1S/C9H3Br5O2/c10-5-3(1-2-4(15)16)6(11)8(13)9(14)7(5)12/h1-2H,(H,15,16). The molecular formula is C9H3Br5O2. The molecular weight excluding hydrogens is 540 g/mol. The lowest BCUT2D eigenvalue weighted by atomic mass is 10.2. The highest BCUT2D eigenvalue weighted by atomic mass is 79.9. The van der Waals surface area contributed by atoms with Gasteiger partial charge in [-0.1, -0.05) is 0 Å². The summed E-state index contributed by atoms with van der Waals surface area (Å²) in [5, 5.41) is 8.60. The molecule has 0 aliphatic rings. The zero-order valence-electron chi connectivity index (χ0n) is 7.40. The van der Waals surface area contributed by atoms with Crippen molar-refractivity contribution < 1.29 is 9.90 Å². The summed E-state index contributed by atoms with van der Waals surface area (Å²) < 4.78 is 4.01. The van der Waals surface area contributed by atoms with Crippen LogP contribution in [-0.4, -0.2) is 11.1 Å². The van der Waals surface area contributed by atoms with E-state index in [2.05, 4.69) is 79.6 Å². The molecule has 0 amide bonds. The lowest BCUT2D eigenvalue weighted by molar-refractivity contribution is -0.131. The molecule has 0 saturated heterocycles. The van der Waals surface area contributed by atoms with E-state index in [0.29, 0.717) is 0 Å². The second kappa shape index (κ2) is 6.13. The van der Waals surface area contributed by atoms with Crippen LogP contribution in [0.3, 0.4) is 0 Å². The van der Waals surface area contributed by atoms with Crippen molar-refractivity contribution in [2.45, 2.75) is 0 Å². The molecule has 1 aromatic rings. The Morgan fingerprint density at radius 1 is 0.875 bits per heavy atom. The van der Waals surface area contributed by atoms with Crippen LogP contribution in [0.15, 0.2) is 28.4 Å². The molecule has 0 aliphatic carbocycles. The predicted octanol–water partition coefficient (Wildman–Crippen LogP) is 5.60. The van der Waals surface area contributed by atoms with E-state index in [-0.39, 0.29) is 0 Å². The number of rotatable bonds is 2. The van der Waals surface area contributed by atoms with E-state index < -0.39 is 5.97 Å². The van der Waals surface area contributed by atoms with Crippen molar-refractivity contribution in [2.75, 3.05) is 0 Å². The van der Waals surface area contributed by atoms with Crippen LogP contribution in [0.25, 0.3) is 6.08 Å². The zero-order chi connectivity index (χ0) is 12.5. The van der Waals surface area contributed by atoms with E-state index in [4.69, 9.17) is 5.11 Å². The normalized spacial score (nSPS) is 11.1. The van der Waals surface area contributed by atoms with Crippen molar-refractivity contribution in [2.24, 2.45) is 0 Å². The van der Waals surface area contributed by atoms with Crippen LogP contribution in [0.5, 0.6) is 0 Å². The number of carbonyl (C=O) groups is 1. The number of halogens is 5. The summed E-state index contributed by atoms with van der Waals surface area (Å²) in [7, 11) is 0. The van der Waals surface area contributed by atoms with E-state index in [0.717, 1.165) is 34.0 Å². The van der Waals surface area contributed by atoms with Crippen LogP contribution < -0.4 is 0 Å². The van der Waals surface area contributed by atoms with Crippen molar-refractivity contribution in [1.29, 1.82) is 0 Å². The third kappa shape index (κ3) is 3.19. The summed E-state index contributed by atoms with van der Waals surface area (Å²) in [6.45, 7) is 0. The van der Waals surface area contributed by atoms with Gasteiger partial charge < -0.3 is 5.11 Å². The first-order chi connectivity index (χ1) is 7.36. The van der Waals surface area contributed by atoms with Gasteiger partial charge >= 0.3 is 5.97 Å². The Kier molecular flexibility index (Phi) is 5.71. The van der Waals surface area contributed by atoms with E-state index in [9.17, 15) is 4.79 Å². The molecule has 7 heteroatoms. The van der Waals surface area contributed by atoms with Gasteiger partial charge in [0.25, 0.3) is 0 Å². The van der Waals surface area contributed by atoms with E-state index in [1.54, 1.807) is 0 Å². The molecule has 1 rings (SSSR count). The lowest BCUT2D eigenvalue weighted by Gasteiger charge is -2.10. The van der Waals surface area contributed by atoms with Gasteiger partial charge in [-0.05, 0) is 85.7 Å². The fraction of sp³-hybridized carbons (Fsp3) is 0. The molecule has 1 N–H and O–H groups in total. The molecule has 0 saturated carbocycles. The molecule has 0 aliphatic heterocycles. The van der Waals surface area contributed by atoms with Gasteiger partial charge in [-0.25, -0.2) is 4.79 Å². The van der Waals surface area contributed by atoms with Gasteiger partial charge in [0.1, 0.15) is 0 Å². The Bertz CT molecular complexity index is 452. The second-order valence-electron chi connectivity index (χ2n) is 2.66. The Hall–Kier alpha value is 0.830. The summed E-state index contributed by atoms with van der Waals surface area (Å²) in [6, 6.07) is 0. The Labute approximate surface area is 134 Å². The number of carboxylic acid groups (broad SMARTS) is 1. The first-order valence-electron chi connectivity index (χ1n) is 3.78. The predicted molar refractivity (Wildman–Crippen MR) is 81.6 cm³/mol. The van der Waals surface area contributed by atoms with Crippen LogP contribution in [0.2, 0.25) is 0 Å². The third-order valence-corrected chi connectivity index (χ3v) is 7.79. The highest BCUT2D eigenvalue weighted by Gasteiger charge is 2.15. The average molecular weight is 543 g/mol. The summed E-state index contributed by atoms with van der Waals surface area (Å²) >= 11 is 17.0. The van der Waals surface area contributed by atoms with E-state index in [1.807, 2.05) is 0 Å². The van der Waals surface area contributed by atoms with Crippen LogP contribution >= 0.6 is 79.6 Å². The monoisotopic (exact) mass is 538 g/mol. The minimum Gasteiger partial charge on any atom is -0.478 e. The Balaban J connectivity index is 3.45. The number of hydrogen-bond donors (Lipinski definition) is 1. The molecule has 0 spiro atoms. The fourth-order valence-electron chi connectivity index (χ4n) is 0.923. The van der Waals surface area contributed by atoms with Crippen molar-refractivity contribution >= 4 is 91.7 Å². The summed E-state index contributed by atoms with van der Waals surface area (Å²) in [5.74, 6) is -0.992. The molecule has 0 bridgehead atoms. The van der Waals surface area contributed by atoms with Gasteiger partial charge in [0.05, 0.1) is 0 Å². The van der Waals surface area contributed by atoms with Crippen LogP contribution in [0, 0.1) is 0 Å². The van der Waals surface area contributed by atoms with E-state index in [1.165, 1.54) is 6.08 Å². The molecule has 2 nitrogen and oxygen atoms in total. The van der Waals surface area contributed by atoms with Crippen molar-refractivity contribution in [3.05, 3.63) is 34.0 Å². The van der Waals surface area contributed by atoms with Crippen LogP contribution in [0.4, 0.5) is 0 Å². The lowest BCUT2D eigenvalue weighted by Crippen LogP contribution is -1.89. The summed E-state index contributed by atoms with van der Waals surface area (Å²) in [6.07, 6.45) is 2.59. The Morgan fingerprint density at radius 3 is 1.62 bits per heavy atom. The zero-order valence-corrected chi connectivity index (χ0v) is 15.3. The molecule has 86 valence electrons. The molecule has 0 radical (unpaired) electrons. The molecule has 0 atom stereocenters. The van der Waals surface area contributed by atoms with Gasteiger partial charge in [-0.15, -0.1) is 0 Å². The van der Waals surface area contributed by atoms with Crippen molar-refractivity contribution in [3.63, 3.8) is 0 Å². The van der Waals surface area contributed by atoms with Gasteiger partial charge in [-0.2, -0.15) is 0 Å². The van der Waals surface area contributed by atoms with E-state index >= 15 is 0 Å². The number of hydrogen-bond acceptors (Lipinski definition) is 1. The van der Waals surface area contributed by atoms with Crippen LogP contribution in [0.1, 0.15) is 5.56 Å². The van der Waals surface area contributed by atoms with Crippen molar-refractivity contribution in [3.8, 4) is 0 Å². The topological polar surface area (TPSA) is 37.3 Å². The molecule has 1 aromatic carbocycles. The fourth-order valence-corrected chi connectivity index (χ4v) is 4.26. The maximum absolute atomic E-state index is 10.5. The molecule has 0 fully saturated rings. The maximum atomic E-state index is 10.5. The van der Waals surface area contributed by atoms with Gasteiger partial charge in [0, 0.05) is 34.0 Å². The Morgan fingerprint density at radius 2 is 1.25 bits per heavy atom. The van der Waals surface area contributed by atoms with Crippen LogP contribution in [-0.2, 0) is 4.79 Å². The molecule has 0 unspecified atom stereocenters. The number of benzene rings is 1. The number of aliphatic carboxylic acids is 1.